The molecule has 0 aliphatic rings. The van der Waals surface area contributed by atoms with Crippen molar-refractivity contribution in [2.75, 3.05) is 6.54 Å². The quantitative estimate of drug-likeness (QED) is 0.220. The molecule has 1 amide bonds. The molecule has 3 aromatic rings. The van der Waals surface area contributed by atoms with Gasteiger partial charge >= 0.3 is 0 Å². The standard InChI is InChI=1S/C30H37F2N3O3.CH2O2/c1-3-5-10-35-11-9-22(17-30(35)38)16-29(37)34-27(15-24-13-25(31)18-26(32)14-24)28(36)20-33-19-23-8-6-7-21(4-2)12-23;2-1-3/h6-9,11-14,17-18,27-28,33,36H,3-5,10,15-16,19-20H2,1-2H3,(H,34,37);1H,(H,2,3)/t27-,28+;/m0./s1. The summed E-state index contributed by atoms with van der Waals surface area (Å²) < 4.78 is 29.2. The van der Waals surface area contributed by atoms with Gasteiger partial charge in [-0.05, 0) is 59.7 Å². The molecule has 0 aliphatic carbocycles. The maximum absolute atomic E-state index is 13.8. The number of benzene rings is 2. The Balaban J connectivity index is 0.00000187. The lowest BCUT2D eigenvalue weighted by atomic mass is 10.00. The highest BCUT2D eigenvalue weighted by atomic mass is 19.1. The Kier molecular flexibility index (Phi) is 14.4. The van der Waals surface area contributed by atoms with Crippen molar-refractivity contribution in [2.24, 2.45) is 0 Å². The van der Waals surface area contributed by atoms with E-state index in [2.05, 4.69) is 29.7 Å². The van der Waals surface area contributed by atoms with Gasteiger partial charge in [0, 0.05) is 38.0 Å². The molecule has 2 atom stereocenters. The second-order valence-electron chi connectivity index (χ2n) is 9.73. The molecule has 0 saturated heterocycles. The van der Waals surface area contributed by atoms with Crippen molar-refractivity contribution < 1.29 is 28.6 Å². The Labute approximate surface area is 239 Å². The molecule has 0 unspecified atom stereocenters. The number of aliphatic hydroxyl groups is 1. The van der Waals surface area contributed by atoms with Gasteiger partial charge in [-0.15, -0.1) is 0 Å². The second-order valence-corrected chi connectivity index (χ2v) is 9.73. The van der Waals surface area contributed by atoms with Crippen molar-refractivity contribution in [3.8, 4) is 0 Å². The molecule has 10 heteroatoms. The van der Waals surface area contributed by atoms with Gasteiger partial charge in [0.1, 0.15) is 11.6 Å². The smallest absolute Gasteiger partial charge is 0.290 e. The molecule has 3 rings (SSSR count). The number of hydrogen-bond acceptors (Lipinski definition) is 5. The van der Waals surface area contributed by atoms with Gasteiger partial charge in [-0.3, -0.25) is 14.4 Å². The zero-order chi connectivity index (χ0) is 30.2. The molecule has 0 aliphatic heterocycles. The van der Waals surface area contributed by atoms with E-state index >= 15 is 0 Å². The fourth-order valence-electron chi connectivity index (χ4n) is 4.35. The van der Waals surface area contributed by atoms with Crippen molar-refractivity contribution in [1.29, 1.82) is 0 Å². The van der Waals surface area contributed by atoms with Crippen molar-refractivity contribution >= 4 is 12.4 Å². The summed E-state index contributed by atoms with van der Waals surface area (Å²) >= 11 is 0. The predicted octanol–water partition coefficient (Wildman–Crippen LogP) is 3.61. The minimum atomic E-state index is -1.03. The number of carbonyl (C=O) groups excluding carboxylic acids is 1. The number of nitrogens with zero attached hydrogens (tertiary/aromatic N) is 1. The van der Waals surface area contributed by atoms with Gasteiger partial charge in [-0.1, -0.05) is 44.5 Å². The number of carboxylic acid groups (broad SMARTS) is 1. The second kappa shape index (κ2) is 17.7. The number of aromatic nitrogens is 1. The van der Waals surface area contributed by atoms with Crippen LogP contribution in [0.1, 0.15) is 48.9 Å². The summed E-state index contributed by atoms with van der Waals surface area (Å²) in [5.41, 5.74) is 2.98. The predicted molar refractivity (Wildman–Crippen MR) is 154 cm³/mol. The van der Waals surface area contributed by atoms with E-state index in [0.29, 0.717) is 24.2 Å². The molecule has 222 valence electrons. The minimum absolute atomic E-state index is 0.0349. The summed E-state index contributed by atoms with van der Waals surface area (Å²) in [6.07, 6.45) is 3.41. The van der Waals surface area contributed by atoms with E-state index in [-0.39, 0.29) is 31.4 Å². The third-order valence-corrected chi connectivity index (χ3v) is 6.45. The molecule has 0 spiro atoms. The fraction of sp³-hybridized carbons (Fsp3) is 0.387. The van der Waals surface area contributed by atoms with E-state index < -0.39 is 29.7 Å². The SMILES string of the molecule is CCCCn1ccc(CC(=O)N[C@@H](Cc2cc(F)cc(F)c2)[C@H](O)CNCc2cccc(CC)c2)cc1=O.O=CO. The number of unbranched alkanes of at least 4 members (excludes halogenated alkanes) is 1. The van der Waals surface area contributed by atoms with Crippen LogP contribution in [0.3, 0.4) is 0 Å². The van der Waals surface area contributed by atoms with Gasteiger partial charge in [0.15, 0.2) is 0 Å². The van der Waals surface area contributed by atoms with E-state index in [4.69, 9.17) is 9.90 Å². The molecule has 4 N–H and O–H groups in total. The largest absolute Gasteiger partial charge is 0.483 e. The first kappa shape index (κ1) is 33.3. The summed E-state index contributed by atoms with van der Waals surface area (Å²) in [6.45, 7) is 5.18. The molecule has 41 heavy (non-hydrogen) atoms. The number of aryl methyl sites for hydroxylation is 2. The van der Waals surface area contributed by atoms with Crippen molar-refractivity contribution in [3.05, 3.63) is 105 Å². The molecular formula is C31H39F2N3O5. The van der Waals surface area contributed by atoms with Crippen LogP contribution in [0.25, 0.3) is 0 Å². The molecule has 1 heterocycles. The van der Waals surface area contributed by atoms with Gasteiger partial charge in [-0.2, -0.15) is 0 Å². The van der Waals surface area contributed by atoms with E-state index in [0.717, 1.165) is 30.9 Å². The lowest BCUT2D eigenvalue weighted by Crippen LogP contribution is -2.49. The fourth-order valence-corrected chi connectivity index (χ4v) is 4.35. The molecule has 8 nitrogen and oxygen atoms in total. The number of aliphatic hydroxyl groups excluding tert-OH is 1. The molecule has 1 aromatic heterocycles. The third kappa shape index (κ3) is 12.0. The minimum Gasteiger partial charge on any atom is -0.483 e. The van der Waals surface area contributed by atoms with Crippen molar-refractivity contribution in [1.82, 2.24) is 15.2 Å². The van der Waals surface area contributed by atoms with Crippen LogP contribution in [-0.2, 0) is 41.9 Å². The van der Waals surface area contributed by atoms with Gasteiger partial charge in [0.25, 0.3) is 12.0 Å². The van der Waals surface area contributed by atoms with Crippen molar-refractivity contribution in [2.45, 2.75) is 71.2 Å². The Morgan fingerprint density at radius 1 is 1.00 bits per heavy atom. The lowest BCUT2D eigenvalue weighted by Gasteiger charge is -2.25. The molecule has 0 bridgehead atoms. The summed E-state index contributed by atoms with van der Waals surface area (Å²) in [5, 5.41) is 23.8. The van der Waals surface area contributed by atoms with E-state index in [9.17, 15) is 23.5 Å². The number of hydrogen-bond donors (Lipinski definition) is 4. The summed E-state index contributed by atoms with van der Waals surface area (Å²) in [6, 6.07) is 13.6. The third-order valence-electron chi connectivity index (χ3n) is 6.45. The van der Waals surface area contributed by atoms with Crippen LogP contribution < -0.4 is 16.2 Å². The van der Waals surface area contributed by atoms with Gasteiger partial charge in [0.2, 0.25) is 5.91 Å². The first-order valence-electron chi connectivity index (χ1n) is 13.7. The van der Waals surface area contributed by atoms with Crippen LogP contribution in [0.2, 0.25) is 0 Å². The number of halogens is 2. The first-order chi connectivity index (χ1) is 19.7. The molecular weight excluding hydrogens is 532 g/mol. The average Bonchev–Trinajstić information content (AvgIpc) is 2.92. The Morgan fingerprint density at radius 3 is 2.32 bits per heavy atom. The van der Waals surface area contributed by atoms with Crippen LogP contribution in [-0.4, -0.2) is 45.9 Å². The molecule has 2 aromatic carbocycles. The van der Waals surface area contributed by atoms with Crippen LogP contribution in [0.4, 0.5) is 8.78 Å². The monoisotopic (exact) mass is 571 g/mol. The van der Waals surface area contributed by atoms with Gasteiger partial charge in [-0.25, -0.2) is 8.78 Å². The van der Waals surface area contributed by atoms with Crippen molar-refractivity contribution in [3.63, 3.8) is 0 Å². The summed E-state index contributed by atoms with van der Waals surface area (Å²) in [5.74, 6) is -1.85. The zero-order valence-electron chi connectivity index (χ0n) is 23.5. The van der Waals surface area contributed by atoms with Crippen LogP contribution in [0.15, 0.2) is 65.6 Å². The topological polar surface area (TPSA) is 121 Å². The number of nitrogens with one attached hydrogen (secondary N) is 2. The highest BCUT2D eigenvalue weighted by Gasteiger charge is 2.22. The zero-order valence-corrected chi connectivity index (χ0v) is 23.5. The van der Waals surface area contributed by atoms with E-state index in [1.807, 2.05) is 19.1 Å². The summed E-state index contributed by atoms with van der Waals surface area (Å²) in [4.78, 5) is 33.6. The van der Waals surface area contributed by atoms with Crippen LogP contribution in [0.5, 0.6) is 0 Å². The maximum atomic E-state index is 13.8. The van der Waals surface area contributed by atoms with Gasteiger partial charge < -0.3 is 25.4 Å². The van der Waals surface area contributed by atoms with Crippen LogP contribution in [0, 0.1) is 11.6 Å². The highest BCUT2D eigenvalue weighted by Crippen LogP contribution is 2.13. The maximum Gasteiger partial charge on any atom is 0.290 e. The molecule has 0 radical (unpaired) electrons. The van der Waals surface area contributed by atoms with Gasteiger partial charge in [0.05, 0.1) is 18.6 Å². The lowest BCUT2D eigenvalue weighted by molar-refractivity contribution is -0.123. The highest BCUT2D eigenvalue weighted by molar-refractivity contribution is 5.78. The number of pyridine rings is 1. The first-order valence-corrected chi connectivity index (χ1v) is 13.7. The van der Waals surface area contributed by atoms with E-state index in [1.54, 1.807) is 16.8 Å². The normalized spacial score (nSPS) is 12.1. The molecule has 0 fully saturated rings. The number of amides is 1. The van der Waals surface area contributed by atoms with Crippen LogP contribution >= 0.6 is 0 Å². The van der Waals surface area contributed by atoms with E-state index in [1.165, 1.54) is 23.8 Å². The Bertz CT molecular complexity index is 1290. The number of rotatable bonds is 14. The Hall–Kier alpha value is -3.89. The molecule has 0 saturated carbocycles. The Morgan fingerprint density at radius 2 is 1.68 bits per heavy atom. The average molecular weight is 572 g/mol. The number of carbonyl (C=O) groups is 2. The summed E-state index contributed by atoms with van der Waals surface area (Å²) in [7, 11) is 0.